The molecule has 1 aliphatic heterocycles. The van der Waals surface area contributed by atoms with Gasteiger partial charge in [0.15, 0.2) is 0 Å². The quantitative estimate of drug-likeness (QED) is 0.273. The number of hydrogen-bond acceptors (Lipinski definition) is 7. The number of ether oxygens (including phenoxy) is 1. The normalized spacial score (nSPS) is 25.5. The van der Waals surface area contributed by atoms with Crippen molar-refractivity contribution in [1.29, 1.82) is 0 Å². The summed E-state index contributed by atoms with van der Waals surface area (Å²) >= 11 is 0. The van der Waals surface area contributed by atoms with E-state index in [-0.39, 0.29) is 43.6 Å². The predicted molar refractivity (Wildman–Crippen MR) is 169 cm³/mol. The van der Waals surface area contributed by atoms with E-state index in [0.717, 1.165) is 5.56 Å². The minimum Gasteiger partial charge on any atom is -0.460 e. The summed E-state index contributed by atoms with van der Waals surface area (Å²) in [4.78, 5) is 79.3. The largest absolute Gasteiger partial charge is 0.460 e. The smallest absolute Gasteiger partial charge is 0.329 e. The number of esters is 1. The Balaban J connectivity index is 2.45. The van der Waals surface area contributed by atoms with Crippen LogP contribution in [0.15, 0.2) is 30.3 Å². The molecule has 6 atom stereocenters. The monoisotopic (exact) mass is 629 g/mol. The highest BCUT2D eigenvalue weighted by Crippen LogP contribution is 2.17. The Morgan fingerprint density at radius 1 is 0.733 bits per heavy atom. The van der Waals surface area contributed by atoms with Crippen LogP contribution in [0.5, 0.6) is 0 Å². The molecular formula is C33H51N5O7. The number of nitrogens with one attached hydrogen (secondary N) is 5. The van der Waals surface area contributed by atoms with Crippen LogP contribution in [0.2, 0.25) is 0 Å². The van der Waals surface area contributed by atoms with Gasteiger partial charge in [0.1, 0.15) is 30.3 Å². The molecule has 0 saturated carbocycles. The molecule has 0 bridgehead atoms. The third-order valence-electron chi connectivity index (χ3n) is 7.71. The fourth-order valence-electron chi connectivity index (χ4n) is 4.93. The fraction of sp³-hybridized carbons (Fsp3) is 0.636. The molecule has 12 nitrogen and oxygen atoms in total. The minimum atomic E-state index is -1.11. The SMILES string of the molecule is CC[C@H](C)[C@@H]1CC(=O)NCC(=O)N[C@H](CC(C)C)C(=O)N[C@H](CC(C)C)C(=O)N[C@@H](C)C(=O)N[C@@H](Cc2ccccc2)C(=O)O1. The summed E-state index contributed by atoms with van der Waals surface area (Å²) in [6, 6.07) is 4.99. The zero-order valence-electron chi connectivity index (χ0n) is 27.6. The van der Waals surface area contributed by atoms with Gasteiger partial charge < -0.3 is 31.3 Å². The maximum Gasteiger partial charge on any atom is 0.329 e. The standard InChI is InChI=1S/C33H51N5O7/c1-8-21(6)27-17-28(39)34-18-29(40)36-24(14-19(2)3)32(43)37-25(15-20(4)5)31(42)35-22(7)30(41)38-26(33(44)45-27)16-23-12-10-9-11-13-23/h9-13,19-22,24-27H,8,14-18H2,1-7H3,(H,34,39)(H,35,42)(H,36,40)(H,37,43)(H,38,41)/t21-,22-,24+,25+,26-,27-/m0/s1. The number of hydrogen-bond donors (Lipinski definition) is 5. The molecule has 5 N–H and O–H groups in total. The summed E-state index contributed by atoms with van der Waals surface area (Å²) in [6.07, 6.45) is 0.290. The number of amides is 5. The zero-order chi connectivity index (χ0) is 33.7. The summed E-state index contributed by atoms with van der Waals surface area (Å²) in [5.41, 5.74) is 0.773. The number of carbonyl (C=O) groups is 6. The van der Waals surface area contributed by atoms with Gasteiger partial charge in [0.2, 0.25) is 29.5 Å². The topological polar surface area (TPSA) is 172 Å². The summed E-state index contributed by atoms with van der Waals surface area (Å²) in [5.74, 6) is -3.68. The Bertz CT molecular complexity index is 1170. The van der Waals surface area contributed by atoms with Crippen molar-refractivity contribution in [2.75, 3.05) is 6.54 Å². The molecule has 0 unspecified atom stereocenters. The van der Waals surface area contributed by atoms with Gasteiger partial charge in [-0.3, -0.25) is 24.0 Å². The van der Waals surface area contributed by atoms with E-state index >= 15 is 0 Å². The molecule has 1 heterocycles. The average molecular weight is 630 g/mol. The van der Waals surface area contributed by atoms with Gasteiger partial charge in [0.25, 0.3) is 0 Å². The van der Waals surface area contributed by atoms with E-state index in [1.54, 1.807) is 0 Å². The van der Waals surface area contributed by atoms with Crippen molar-refractivity contribution < 1.29 is 33.5 Å². The fourth-order valence-corrected chi connectivity index (χ4v) is 4.93. The molecule has 1 aromatic carbocycles. The third-order valence-corrected chi connectivity index (χ3v) is 7.71. The van der Waals surface area contributed by atoms with Gasteiger partial charge in [-0.05, 0) is 43.1 Å². The molecular weight excluding hydrogens is 578 g/mol. The van der Waals surface area contributed by atoms with Crippen LogP contribution < -0.4 is 26.6 Å². The van der Waals surface area contributed by atoms with Gasteiger partial charge in [-0.15, -0.1) is 0 Å². The maximum absolute atomic E-state index is 13.5. The van der Waals surface area contributed by atoms with Crippen LogP contribution in [-0.2, 0) is 39.9 Å². The summed E-state index contributed by atoms with van der Waals surface area (Å²) < 4.78 is 5.83. The van der Waals surface area contributed by atoms with Crippen molar-refractivity contribution in [1.82, 2.24) is 26.6 Å². The number of benzene rings is 1. The van der Waals surface area contributed by atoms with Gasteiger partial charge >= 0.3 is 5.97 Å². The van der Waals surface area contributed by atoms with Crippen LogP contribution in [0.25, 0.3) is 0 Å². The second-order valence-electron chi connectivity index (χ2n) is 12.8. The van der Waals surface area contributed by atoms with Crippen molar-refractivity contribution in [3.8, 4) is 0 Å². The van der Waals surface area contributed by atoms with E-state index in [2.05, 4.69) is 26.6 Å². The number of rotatable bonds is 8. The van der Waals surface area contributed by atoms with Gasteiger partial charge in [-0.25, -0.2) is 4.79 Å². The zero-order valence-corrected chi connectivity index (χ0v) is 27.6. The Hall–Kier alpha value is -3.96. The highest BCUT2D eigenvalue weighted by Gasteiger charge is 2.33. The third kappa shape index (κ3) is 12.9. The van der Waals surface area contributed by atoms with Crippen molar-refractivity contribution in [2.45, 2.75) is 111 Å². The van der Waals surface area contributed by atoms with Crippen LogP contribution in [0, 0.1) is 17.8 Å². The van der Waals surface area contributed by atoms with E-state index in [1.165, 1.54) is 6.92 Å². The highest BCUT2D eigenvalue weighted by atomic mass is 16.5. The first-order chi connectivity index (χ1) is 21.2. The van der Waals surface area contributed by atoms with Crippen molar-refractivity contribution in [3.63, 3.8) is 0 Å². The molecule has 0 aliphatic carbocycles. The summed E-state index contributed by atoms with van der Waals surface area (Å²) in [5, 5.41) is 13.4. The molecule has 0 radical (unpaired) electrons. The molecule has 5 amide bonds. The summed E-state index contributed by atoms with van der Waals surface area (Å²) in [7, 11) is 0. The van der Waals surface area contributed by atoms with Crippen molar-refractivity contribution in [3.05, 3.63) is 35.9 Å². The second kappa shape index (κ2) is 18.1. The Morgan fingerprint density at radius 3 is 1.87 bits per heavy atom. The molecule has 0 aromatic heterocycles. The predicted octanol–water partition coefficient (Wildman–Crippen LogP) is 1.76. The minimum absolute atomic E-state index is 0.0172. The highest BCUT2D eigenvalue weighted by molar-refractivity contribution is 5.95. The molecule has 250 valence electrons. The lowest BCUT2D eigenvalue weighted by Crippen LogP contribution is -2.58. The number of carbonyl (C=O) groups excluding carboxylic acids is 6. The molecule has 12 heteroatoms. The Morgan fingerprint density at radius 2 is 1.29 bits per heavy atom. The van der Waals surface area contributed by atoms with Crippen LogP contribution in [-0.4, -0.2) is 72.3 Å². The van der Waals surface area contributed by atoms with E-state index < -0.39 is 65.8 Å². The molecule has 1 saturated heterocycles. The van der Waals surface area contributed by atoms with Crippen LogP contribution in [0.4, 0.5) is 0 Å². The van der Waals surface area contributed by atoms with Gasteiger partial charge in [-0.1, -0.05) is 78.3 Å². The van der Waals surface area contributed by atoms with Gasteiger partial charge in [0, 0.05) is 6.42 Å². The first kappa shape index (κ1) is 37.2. The van der Waals surface area contributed by atoms with Gasteiger partial charge in [-0.2, -0.15) is 0 Å². The first-order valence-corrected chi connectivity index (χ1v) is 15.9. The second-order valence-corrected chi connectivity index (χ2v) is 12.8. The van der Waals surface area contributed by atoms with E-state index in [0.29, 0.717) is 12.8 Å². The van der Waals surface area contributed by atoms with E-state index in [9.17, 15) is 28.8 Å². The Labute approximate surface area is 266 Å². The summed E-state index contributed by atoms with van der Waals surface area (Å²) in [6.45, 7) is 12.4. The molecule has 2 rings (SSSR count). The number of cyclic esters (lactones) is 1. The van der Waals surface area contributed by atoms with E-state index in [4.69, 9.17) is 4.74 Å². The maximum atomic E-state index is 13.5. The lowest BCUT2D eigenvalue weighted by Gasteiger charge is -2.27. The average Bonchev–Trinajstić information content (AvgIpc) is 2.97. The van der Waals surface area contributed by atoms with Gasteiger partial charge in [0.05, 0.1) is 13.0 Å². The van der Waals surface area contributed by atoms with E-state index in [1.807, 2.05) is 71.9 Å². The molecule has 0 spiro atoms. The van der Waals surface area contributed by atoms with Crippen LogP contribution >= 0.6 is 0 Å². The first-order valence-electron chi connectivity index (χ1n) is 15.9. The Kier molecular flexibility index (Phi) is 15.0. The van der Waals surface area contributed by atoms with Crippen LogP contribution in [0.1, 0.15) is 79.7 Å². The molecule has 1 fully saturated rings. The van der Waals surface area contributed by atoms with Crippen molar-refractivity contribution >= 4 is 35.5 Å². The lowest BCUT2D eigenvalue weighted by atomic mass is 9.98. The molecule has 1 aromatic rings. The molecule has 45 heavy (non-hydrogen) atoms. The van der Waals surface area contributed by atoms with Crippen molar-refractivity contribution in [2.24, 2.45) is 17.8 Å². The van der Waals surface area contributed by atoms with Crippen LogP contribution in [0.3, 0.4) is 0 Å². The lowest BCUT2D eigenvalue weighted by molar-refractivity contribution is -0.157. The molecule has 1 aliphatic rings.